The first-order valence-electron chi connectivity index (χ1n) is 7.54. The predicted molar refractivity (Wildman–Crippen MR) is 87.5 cm³/mol. The van der Waals surface area contributed by atoms with Gasteiger partial charge >= 0.3 is 0 Å². The Bertz CT molecular complexity index is 556. The van der Waals surface area contributed by atoms with Crippen LogP contribution in [0.15, 0.2) is 59.4 Å². The molecule has 1 aliphatic heterocycles. The molecule has 1 atom stereocenters. The third-order valence-electron chi connectivity index (χ3n) is 3.81. The highest BCUT2D eigenvalue weighted by molar-refractivity contribution is 5.51. The third kappa shape index (κ3) is 3.96. The van der Waals surface area contributed by atoms with Gasteiger partial charge in [-0.1, -0.05) is 30.4 Å². The lowest BCUT2D eigenvalue weighted by molar-refractivity contribution is 0.220. The number of hydrogen-bond acceptors (Lipinski definition) is 3. The number of piperazine rings is 1. The Kier molecular flexibility index (Phi) is 5.59. The van der Waals surface area contributed by atoms with E-state index in [9.17, 15) is 5.26 Å². The van der Waals surface area contributed by atoms with Crippen LogP contribution in [0.5, 0.6) is 0 Å². The van der Waals surface area contributed by atoms with Gasteiger partial charge in [-0.3, -0.25) is 0 Å². The highest BCUT2D eigenvalue weighted by Crippen LogP contribution is 2.23. The molecule has 0 unspecified atom stereocenters. The van der Waals surface area contributed by atoms with E-state index in [4.69, 9.17) is 0 Å². The Balaban J connectivity index is 2.32. The van der Waals surface area contributed by atoms with E-state index in [0.717, 1.165) is 37.2 Å². The van der Waals surface area contributed by atoms with Crippen LogP contribution in [0.3, 0.4) is 0 Å². The number of nitrogens with zero attached hydrogens (tertiary/aromatic N) is 2. The smallest absolute Gasteiger partial charge is 0.0997 e. The van der Waals surface area contributed by atoms with Gasteiger partial charge in [0.25, 0.3) is 0 Å². The molecule has 1 N–H and O–H groups in total. The van der Waals surface area contributed by atoms with Gasteiger partial charge in [-0.15, -0.1) is 0 Å². The van der Waals surface area contributed by atoms with Gasteiger partial charge in [-0.2, -0.15) is 5.26 Å². The lowest BCUT2D eigenvalue weighted by Gasteiger charge is -2.37. The first-order chi connectivity index (χ1) is 10.3. The molecule has 0 radical (unpaired) electrons. The fraction of sp³-hybridized carbons (Fsp3) is 0.389. The van der Waals surface area contributed by atoms with E-state index in [1.165, 1.54) is 5.70 Å². The maximum Gasteiger partial charge on any atom is 0.0997 e. The second-order valence-corrected chi connectivity index (χ2v) is 5.35. The highest BCUT2D eigenvalue weighted by Gasteiger charge is 2.20. The zero-order valence-corrected chi connectivity index (χ0v) is 12.8. The van der Waals surface area contributed by atoms with Crippen molar-refractivity contribution in [1.82, 2.24) is 10.2 Å². The van der Waals surface area contributed by atoms with Crippen LogP contribution in [-0.4, -0.2) is 30.6 Å². The average Bonchev–Trinajstić information content (AvgIpc) is 2.70. The minimum Gasteiger partial charge on any atom is -0.369 e. The van der Waals surface area contributed by atoms with Gasteiger partial charge in [-0.25, -0.2) is 0 Å². The van der Waals surface area contributed by atoms with E-state index >= 15 is 0 Å². The van der Waals surface area contributed by atoms with Crippen LogP contribution >= 0.6 is 0 Å². The van der Waals surface area contributed by atoms with Crippen molar-refractivity contribution in [3.63, 3.8) is 0 Å². The fourth-order valence-corrected chi connectivity index (χ4v) is 2.69. The summed E-state index contributed by atoms with van der Waals surface area (Å²) in [6, 6.07) is 2.79. The van der Waals surface area contributed by atoms with E-state index in [1.807, 2.05) is 37.3 Å². The second-order valence-electron chi connectivity index (χ2n) is 5.35. The normalized spacial score (nSPS) is 23.6. The molecular weight excluding hydrogens is 258 g/mol. The van der Waals surface area contributed by atoms with Crippen LogP contribution in [0.1, 0.15) is 20.3 Å². The number of hydrogen-bond donors (Lipinski definition) is 1. The van der Waals surface area contributed by atoms with E-state index in [-0.39, 0.29) is 0 Å². The van der Waals surface area contributed by atoms with Crippen molar-refractivity contribution in [2.45, 2.75) is 26.3 Å². The number of allylic oxidation sites excluding steroid dienone is 9. The van der Waals surface area contributed by atoms with Crippen LogP contribution in [0.25, 0.3) is 0 Å². The monoisotopic (exact) mass is 281 g/mol. The topological polar surface area (TPSA) is 39.1 Å². The summed E-state index contributed by atoms with van der Waals surface area (Å²) in [5.41, 5.74) is 3.02. The van der Waals surface area contributed by atoms with E-state index in [0.29, 0.717) is 6.04 Å². The minimum atomic E-state index is 0.489. The van der Waals surface area contributed by atoms with Crippen LogP contribution in [0.4, 0.5) is 0 Å². The second kappa shape index (κ2) is 7.66. The molecule has 0 aromatic carbocycles. The zero-order chi connectivity index (χ0) is 15.1. The molecule has 0 saturated carbocycles. The Labute approximate surface area is 127 Å². The van der Waals surface area contributed by atoms with Gasteiger partial charge in [0.1, 0.15) is 0 Å². The largest absolute Gasteiger partial charge is 0.369 e. The molecule has 1 heterocycles. The first kappa shape index (κ1) is 15.3. The predicted octanol–water partition coefficient (Wildman–Crippen LogP) is 3.08. The standard InChI is InChI=1S/C18H23N3/c1-3-4-5-7-16-12-18(9-6-8-17(16)13-19)21-11-10-20-14-15(21)2/h3-8,12,15,20H,9-11,14H2,1-2H3/b4-3-,7-5-/t15-/m0/s1. The van der Waals surface area contributed by atoms with E-state index < -0.39 is 0 Å². The fourth-order valence-electron chi connectivity index (χ4n) is 2.69. The lowest BCUT2D eigenvalue weighted by atomic mass is 10.1. The molecule has 3 heteroatoms. The SMILES string of the molecule is C/C=C\C=C/C1=C(C#N)C=CCC(N2CCNC[C@@H]2C)=C1. The van der Waals surface area contributed by atoms with Crippen LogP contribution < -0.4 is 5.32 Å². The molecule has 0 bridgehead atoms. The number of rotatable bonds is 3. The molecular formula is C18H23N3. The number of nitrogens with one attached hydrogen (secondary N) is 1. The van der Waals surface area contributed by atoms with Crippen molar-refractivity contribution in [2.75, 3.05) is 19.6 Å². The van der Waals surface area contributed by atoms with Crippen molar-refractivity contribution >= 4 is 0 Å². The highest BCUT2D eigenvalue weighted by atomic mass is 15.2. The molecule has 0 amide bonds. The zero-order valence-electron chi connectivity index (χ0n) is 12.8. The van der Waals surface area contributed by atoms with Crippen LogP contribution in [-0.2, 0) is 0 Å². The lowest BCUT2D eigenvalue weighted by Crippen LogP contribution is -2.49. The molecule has 3 nitrogen and oxygen atoms in total. The maximum atomic E-state index is 9.33. The molecule has 1 aliphatic carbocycles. The Morgan fingerprint density at radius 1 is 1.43 bits per heavy atom. The van der Waals surface area contributed by atoms with E-state index in [1.54, 1.807) is 0 Å². The minimum absolute atomic E-state index is 0.489. The summed E-state index contributed by atoms with van der Waals surface area (Å²) >= 11 is 0. The summed E-state index contributed by atoms with van der Waals surface area (Å²) < 4.78 is 0. The molecule has 2 aliphatic rings. The quantitative estimate of drug-likeness (QED) is 0.808. The molecule has 0 aromatic heterocycles. The van der Waals surface area contributed by atoms with E-state index in [2.05, 4.69) is 35.4 Å². The first-order valence-corrected chi connectivity index (χ1v) is 7.54. The average molecular weight is 281 g/mol. The van der Waals surface area contributed by atoms with Crippen molar-refractivity contribution in [2.24, 2.45) is 0 Å². The Morgan fingerprint density at radius 3 is 3.00 bits per heavy atom. The Hall–Kier alpha value is -2.05. The van der Waals surface area contributed by atoms with Crippen molar-refractivity contribution in [3.05, 3.63) is 59.4 Å². The molecule has 21 heavy (non-hydrogen) atoms. The van der Waals surface area contributed by atoms with Crippen LogP contribution in [0.2, 0.25) is 0 Å². The van der Waals surface area contributed by atoms with Gasteiger partial charge in [0.2, 0.25) is 0 Å². The number of nitriles is 1. The molecule has 2 rings (SSSR count). The molecule has 1 fully saturated rings. The molecule has 1 saturated heterocycles. The van der Waals surface area contributed by atoms with Crippen LogP contribution in [0, 0.1) is 11.3 Å². The summed E-state index contributed by atoms with van der Waals surface area (Å²) in [5, 5.41) is 12.7. The van der Waals surface area contributed by atoms with Crippen molar-refractivity contribution < 1.29 is 0 Å². The summed E-state index contributed by atoms with van der Waals surface area (Å²) in [6.45, 7) is 7.28. The summed E-state index contributed by atoms with van der Waals surface area (Å²) in [4.78, 5) is 2.45. The van der Waals surface area contributed by atoms with Gasteiger partial charge in [0, 0.05) is 37.8 Å². The van der Waals surface area contributed by atoms with Crippen molar-refractivity contribution in [1.29, 1.82) is 5.26 Å². The van der Waals surface area contributed by atoms with Gasteiger partial charge in [0.15, 0.2) is 0 Å². The maximum absolute atomic E-state index is 9.33. The molecule has 0 spiro atoms. The summed E-state index contributed by atoms with van der Waals surface area (Å²) in [5.74, 6) is 0. The summed E-state index contributed by atoms with van der Waals surface area (Å²) in [7, 11) is 0. The third-order valence-corrected chi connectivity index (χ3v) is 3.81. The van der Waals surface area contributed by atoms with Crippen molar-refractivity contribution in [3.8, 4) is 6.07 Å². The molecule has 110 valence electrons. The summed E-state index contributed by atoms with van der Waals surface area (Å²) in [6.07, 6.45) is 15.1. The molecule has 0 aromatic rings. The Morgan fingerprint density at radius 2 is 2.29 bits per heavy atom. The van der Waals surface area contributed by atoms with Gasteiger partial charge < -0.3 is 10.2 Å². The van der Waals surface area contributed by atoms with Gasteiger partial charge in [-0.05, 0) is 31.6 Å². The van der Waals surface area contributed by atoms with Gasteiger partial charge in [0.05, 0.1) is 11.6 Å².